The summed E-state index contributed by atoms with van der Waals surface area (Å²) in [5.41, 5.74) is 2.24. The average Bonchev–Trinajstić information content (AvgIpc) is 2.98. The third-order valence-electron chi connectivity index (χ3n) is 4.71. The van der Waals surface area contributed by atoms with Gasteiger partial charge in [-0.05, 0) is 17.2 Å². The van der Waals surface area contributed by atoms with Crippen LogP contribution in [-0.4, -0.2) is 38.7 Å². The topological polar surface area (TPSA) is 51.0 Å². The minimum absolute atomic E-state index is 0.0362. The summed E-state index contributed by atoms with van der Waals surface area (Å²) in [6, 6.07) is 20.1. The third kappa shape index (κ3) is 4.31. The molecule has 1 aliphatic heterocycles. The number of hydrogen-bond acceptors (Lipinski definition) is 3. The molecule has 0 N–H and O–H groups in total. The Bertz CT molecular complexity index is 906. The molecule has 1 aliphatic rings. The first-order valence-corrected chi connectivity index (χ1v) is 9.26. The van der Waals surface area contributed by atoms with E-state index in [1.807, 2.05) is 64.2 Å². The highest BCUT2D eigenvalue weighted by Crippen LogP contribution is 2.11. The van der Waals surface area contributed by atoms with Crippen molar-refractivity contribution in [2.75, 3.05) is 13.1 Å². The molecule has 0 fully saturated rings. The lowest BCUT2D eigenvalue weighted by molar-refractivity contribution is -0.125. The van der Waals surface area contributed by atoms with Crippen LogP contribution in [-0.2, 0) is 24.2 Å². The highest BCUT2D eigenvalue weighted by Gasteiger charge is 2.19. The molecule has 4 rings (SSSR count). The Morgan fingerprint density at radius 1 is 0.963 bits per heavy atom. The molecule has 5 heteroatoms. The van der Waals surface area contributed by atoms with Crippen LogP contribution in [0.15, 0.2) is 66.7 Å². The zero-order valence-corrected chi connectivity index (χ0v) is 15.2. The molecular formula is C22H22N4O. The lowest BCUT2D eigenvalue weighted by Gasteiger charge is -2.17. The summed E-state index contributed by atoms with van der Waals surface area (Å²) >= 11 is 0. The van der Waals surface area contributed by atoms with Gasteiger partial charge in [0.05, 0.1) is 6.54 Å². The molecule has 3 aromatic rings. The van der Waals surface area contributed by atoms with Gasteiger partial charge in [0.15, 0.2) is 5.82 Å². The normalized spacial score (nSPS) is 14.1. The van der Waals surface area contributed by atoms with Crippen molar-refractivity contribution < 1.29 is 4.79 Å². The summed E-state index contributed by atoms with van der Waals surface area (Å²) in [7, 11) is 0. The van der Waals surface area contributed by atoms with Gasteiger partial charge in [-0.2, -0.15) is 5.10 Å². The van der Waals surface area contributed by atoms with Crippen molar-refractivity contribution in [1.82, 2.24) is 19.7 Å². The average molecular weight is 358 g/mol. The minimum Gasteiger partial charge on any atom is -0.337 e. The van der Waals surface area contributed by atoms with Crippen molar-refractivity contribution in [2.45, 2.75) is 19.4 Å². The quantitative estimate of drug-likeness (QED) is 0.674. The molecule has 2 aromatic carbocycles. The fourth-order valence-corrected chi connectivity index (χ4v) is 3.26. The largest absolute Gasteiger partial charge is 0.337 e. The Morgan fingerprint density at radius 3 is 2.48 bits per heavy atom. The van der Waals surface area contributed by atoms with Crippen LogP contribution in [0.2, 0.25) is 0 Å². The number of aromatic nitrogens is 3. The van der Waals surface area contributed by atoms with Crippen molar-refractivity contribution in [3.63, 3.8) is 0 Å². The molecule has 0 saturated carbocycles. The summed E-state index contributed by atoms with van der Waals surface area (Å²) < 4.78 is 1.95. The van der Waals surface area contributed by atoms with Gasteiger partial charge in [-0.15, -0.1) is 0 Å². The molecule has 0 radical (unpaired) electrons. The monoisotopic (exact) mass is 358 g/mol. The molecule has 136 valence electrons. The number of hydrogen-bond donors (Lipinski definition) is 0. The highest BCUT2D eigenvalue weighted by atomic mass is 16.2. The van der Waals surface area contributed by atoms with Crippen LogP contribution in [0.5, 0.6) is 0 Å². The van der Waals surface area contributed by atoms with E-state index in [0.29, 0.717) is 19.6 Å². The Morgan fingerprint density at radius 2 is 1.70 bits per heavy atom. The van der Waals surface area contributed by atoms with Gasteiger partial charge < -0.3 is 4.90 Å². The molecule has 2 heterocycles. The van der Waals surface area contributed by atoms with Crippen molar-refractivity contribution in [1.29, 1.82) is 0 Å². The third-order valence-corrected chi connectivity index (χ3v) is 4.71. The van der Waals surface area contributed by atoms with E-state index in [9.17, 15) is 4.79 Å². The number of carbonyl (C=O) groups is 1. The van der Waals surface area contributed by atoms with E-state index in [1.54, 1.807) is 6.08 Å². The number of nitrogens with zero attached hydrogens (tertiary/aromatic N) is 4. The second-order valence-electron chi connectivity index (χ2n) is 6.65. The molecule has 0 atom stereocenters. The molecule has 27 heavy (non-hydrogen) atoms. The Kier molecular flexibility index (Phi) is 5.10. The fraction of sp³-hybridized carbons (Fsp3) is 0.227. The van der Waals surface area contributed by atoms with E-state index >= 15 is 0 Å². The number of amides is 1. The number of carbonyl (C=O) groups excluding carboxylic acids is 1. The summed E-state index contributed by atoms with van der Waals surface area (Å²) in [4.78, 5) is 19.1. The van der Waals surface area contributed by atoms with Crippen molar-refractivity contribution in [2.24, 2.45) is 0 Å². The first-order chi connectivity index (χ1) is 13.3. The SMILES string of the molecule is O=C(/C=C/c1ccccc1)N1CCc2nc(Cc3ccccc3)nn2CC1. The van der Waals surface area contributed by atoms with E-state index in [4.69, 9.17) is 0 Å². The minimum atomic E-state index is 0.0362. The van der Waals surface area contributed by atoms with Crippen LogP contribution in [0.3, 0.4) is 0 Å². The zero-order valence-electron chi connectivity index (χ0n) is 15.2. The van der Waals surface area contributed by atoms with Gasteiger partial charge in [0.2, 0.25) is 5.91 Å². The molecule has 1 aromatic heterocycles. The van der Waals surface area contributed by atoms with Crippen LogP contribution in [0.25, 0.3) is 6.08 Å². The highest BCUT2D eigenvalue weighted by molar-refractivity contribution is 5.91. The maximum absolute atomic E-state index is 12.5. The lowest BCUT2D eigenvalue weighted by Crippen LogP contribution is -2.32. The van der Waals surface area contributed by atoms with Crippen LogP contribution < -0.4 is 0 Å². The summed E-state index contributed by atoms with van der Waals surface area (Å²) in [6.45, 7) is 2.00. The van der Waals surface area contributed by atoms with Crippen LogP contribution in [0, 0.1) is 0 Å². The van der Waals surface area contributed by atoms with E-state index in [2.05, 4.69) is 22.2 Å². The first-order valence-electron chi connectivity index (χ1n) is 9.26. The number of fused-ring (bicyclic) bond motifs is 1. The fourth-order valence-electron chi connectivity index (χ4n) is 3.26. The summed E-state index contributed by atoms with van der Waals surface area (Å²) in [5, 5.41) is 4.64. The molecule has 0 spiro atoms. The summed E-state index contributed by atoms with van der Waals surface area (Å²) in [6.07, 6.45) is 4.98. The maximum Gasteiger partial charge on any atom is 0.246 e. The van der Waals surface area contributed by atoms with E-state index in [-0.39, 0.29) is 5.91 Å². The van der Waals surface area contributed by atoms with Crippen molar-refractivity contribution in [3.05, 3.63) is 89.5 Å². The van der Waals surface area contributed by atoms with Gasteiger partial charge >= 0.3 is 0 Å². The van der Waals surface area contributed by atoms with Crippen molar-refractivity contribution >= 4 is 12.0 Å². The molecular weight excluding hydrogens is 336 g/mol. The number of rotatable bonds is 4. The maximum atomic E-state index is 12.5. The molecule has 0 unspecified atom stereocenters. The van der Waals surface area contributed by atoms with Gasteiger partial charge in [0, 0.05) is 32.0 Å². The van der Waals surface area contributed by atoms with Gasteiger partial charge in [-0.1, -0.05) is 60.7 Å². The van der Waals surface area contributed by atoms with Gasteiger partial charge in [-0.25, -0.2) is 9.67 Å². The van der Waals surface area contributed by atoms with Crippen molar-refractivity contribution in [3.8, 4) is 0 Å². The standard InChI is InChI=1S/C22H22N4O/c27-22(12-11-18-7-3-1-4-8-18)25-14-13-21-23-20(24-26(21)16-15-25)17-19-9-5-2-6-10-19/h1-12H,13-17H2/b12-11+. The molecule has 0 bridgehead atoms. The van der Waals surface area contributed by atoms with Crippen LogP contribution in [0.1, 0.15) is 22.8 Å². The summed E-state index contributed by atoms with van der Waals surface area (Å²) in [5.74, 6) is 1.84. The second-order valence-corrected chi connectivity index (χ2v) is 6.65. The predicted octanol–water partition coefficient (Wildman–Crippen LogP) is 2.97. The lowest BCUT2D eigenvalue weighted by atomic mass is 10.1. The van der Waals surface area contributed by atoms with E-state index in [1.165, 1.54) is 5.56 Å². The van der Waals surface area contributed by atoms with Gasteiger partial charge in [0.25, 0.3) is 0 Å². The molecule has 1 amide bonds. The van der Waals surface area contributed by atoms with Gasteiger partial charge in [-0.3, -0.25) is 4.79 Å². The molecule has 0 saturated heterocycles. The predicted molar refractivity (Wildman–Crippen MR) is 105 cm³/mol. The van der Waals surface area contributed by atoms with Crippen LogP contribution >= 0.6 is 0 Å². The molecule has 5 nitrogen and oxygen atoms in total. The van der Waals surface area contributed by atoms with E-state index < -0.39 is 0 Å². The first kappa shape index (κ1) is 17.2. The number of benzene rings is 2. The van der Waals surface area contributed by atoms with Gasteiger partial charge in [0.1, 0.15) is 5.82 Å². The Balaban J connectivity index is 1.38. The molecule has 0 aliphatic carbocycles. The zero-order chi connectivity index (χ0) is 18.5. The Labute approximate surface area is 159 Å². The van der Waals surface area contributed by atoms with Crippen LogP contribution in [0.4, 0.5) is 0 Å². The second kappa shape index (κ2) is 7.99. The van der Waals surface area contributed by atoms with E-state index in [0.717, 1.165) is 30.1 Å². The smallest absolute Gasteiger partial charge is 0.246 e. The Hall–Kier alpha value is -3.21.